The van der Waals surface area contributed by atoms with Gasteiger partial charge in [0, 0.05) is 17.6 Å². The molecule has 20 heavy (non-hydrogen) atoms. The summed E-state index contributed by atoms with van der Waals surface area (Å²) in [6.07, 6.45) is 2.22. The zero-order valence-corrected chi connectivity index (χ0v) is 13.8. The highest BCUT2D eigenvalue weighted by molar-refractivity contribution is 8.21. The average molecular weight is 310 g/mol. The van der Waals surface area contributed by atoms with E-state index in [0.717, 1.165) is 25.2 Å². The summed E-state index contributed by atoms with van der Waals surface area (Å²) in [5.41, 5.74) is 8.04. The first-order chi connectivity index (χ1) is 9.57. The monoisotopic (exact) mass is 309 g/mol. The van der Waals surface area contributed by atoms with Crippen molar-refractivity contribution in [3.63, 3.8) is 0 Å². The van der Waals surface area contributed by atoms with Crippen molar-refractivity contribution in [3.8, 4) is 0 Å². The van der Waals surface area contributed by atoms with Gasteiger partial charge in [-0.05, 0) is 24.3 Å². The zero-order valence-electron chi connectivity index (χ0n) is 12.2. The third kappa shape index (κ3) is 2.31. The Kier molecular flexibility index (Phi) is 4.10. The molecule has 0 bridgehead atoms. The first kappa shape index (κ1) is 14.8. The molecule has 0 radical (unpaired) electrons. The lowest BCUT2D eigenvalue weighted by Gasteiger charge is -2.44. The number of rotatable bonds is 3. The van der Waals surface area contributed by atoms with E-state index in [-0.39, 0.29) is 9.80 Å². The van der Waals surface area contributed by atoms with Gasteiger partial charge in [-0.25, -0.2) is 0 Å². The molecular formula is C16H23NOS2. The smallest absolute Gasteiger partial charge is 0.139 e. The molecule has 2 aliphatic heterocycles. The minimum atomic E-state index is -0.321. The Morgan fingerprint density at radius 1 is 1.30 bits per heavy atom. The van der Waals surface area contributed by atoms with Crippen molar-refractivity contribution in [2.24, 2.45) is 11.7 Å². The van der Waals surface area contributed by atoms with Crippen LogP contribution in [0.1, 0.15) is 37.5 Å². The van der Waals surface area contributed by atoms with Crippen LogP contribution >= 0.6 is 23.5 Å². The van der Waals surface area contributed by atoms with E-state index in [0.29, 0.717) is 11.2 Å². The highest BCUT2D eigenvalue weighted by Crippen LogP contribution is 2.61. The van der Waals surface area contributed by atoms with Crippen molar-refractivity contribution in [1.82, 2.24) is 0 Å². The largest absolute Gasteiger partial charge is 0.371 e. The summed E-state index contributed by atoms with van der Waals surface area (Å²) in [5, 5.41) is 0.478. The molecule has 2 nitrogen and oxygen atoms in total. The third-order valence-electron chi connectivity index (χ3n) is 4.51. The normalized spacial score (nSPS) is 37.7. The van der Waals surface area contributed by atoms with E-state index in [1.807, 2.05) is 23.5 Å². The Balaban J connectivity index is 1.84. The highest BCUT2D eigenvalue weighted by atomic mass is 32.2. The standard InChI is InChI=1S/C16H23NOS2/c1-12(2)15(9-6-10-18-15)16(17)19-11-14(20-16)13-7-4-3-5-8-13/h3-5,7-8,12,14H,6,9-11,17H2,1-2H3/t14?,15?,16-/m1/s1. The summed E-state index contributed by atoms with van der Waals surface area (Å²) in [6, 6.07) is 10.7. The molecule has 0 spiro atoms. The molecule has 1 aromatic carbocycles. The molecule has 2 saturated heterocycles. The van der Waals surface area contributed by atoms with Crippen LogP contribution in [-0.4, -0.2) is 22.2 Å². The molecule has 2 N–H and O–H groups in total. The summed E-state index contributed by atoms with van der Waals surface area (Å²) in [6.45, 7) is 5.35. The summed E-state index contributed by atoms with van der Waals surface area (Å²) in [4.78, 5) is 0. The van der Waals surface area contributed by atoms with Crippen molar-refractivity contribution in [3.05, 3.63) is 35.9 Å². The lowest BCUT2D eigenvalue weighted by Crippen LogP contribution is -2.57. The second kappa shape index (κ2) is 5.56. The van der Waals surface area contributed by atoms with Crippen molar-refractivity contribution in [1.29, 1.82) is 0 Å². The van der Waals surface area contributed by atoms with Crippen molar-refractivity contribution < 1.29 is 4.74 Å². The van der Waals surface area contributed by atoms with E-state index < -0.39 is 0 Å². The molecule has 0 amide bonds. The fourth-order valence-corrected chi connectivity index (χ4v) is 7.17. The van der Waals surface area contributed by atoms with Gasteiger partial charge in [-0.2, -0.15) is 0 Å². The van der Waals surface area contributed by atoms with Crippen LogP contribution in [0.2, 0.25) is 0 Å². The van der Waals surface area contributed by atoms with Crippen LogP contribution < -0.4 is 5.73 Å². The Labute approximate surface area is 130 Å². The summed E-state index contributed by atoms with van der Waals surface area (Å²) >= 11 is 3.79. The molecular weight excluding hydrogens is 286 g/mol. The number of hydrogen-bond donors (Lipinski definition) is 1. The summed E-state index contributed by atoms with van der Waals surface area (Å²) in [5.74, 6) is 1.52. The molecule has 0 saturated carbocycles. The van der Waals surface area contributed by atoms with Gasteiger partial charge in [0.05, 0.1) is 0 Å². The second-order valence-electron chi connectivity index (χ2n) is 5.99. The number of ether oxygens (including phenoxy) is 1. The minimum Gasteiger partial charge on any atom is -0.371 e. The van der Waals surface area contributed by atoms with Gasteiger partial charge in [-0.15, -0.1) is 23.5 Å². The van der Waals surface area contributed by atoms with Crippen LogP contribution in [0.15, 0.2) is 30.3 Å². The fraction of sp³-hybridized carbons (Fsp3) is 0.625. The van der Waals surface area contributed by atoms with E-state index in [4.69, 9.17) is 10.5 Å². The van der Waals surface area contributed by atoms with Gasteiger partial charge in [0.2, 0.25) is 0 Å². The topological polar surface area (TPSA) is 35.2 Å². The number of thioether (sulfide) groups is 2. The number of nitrogens with two attached hydrogens (primary N) is 1. The Bertz CT molecular complexity index is 459. The van der Waals surface area contributed by atoms with Crippen LogP contribution in [0.25, 0.3) is 0 Å². The maximum atomic E-state index is 6.83. The van der Waals surface area contributed by atoms with Crippen molar-refractivity contribution >= 4 is 23.5 Å². The van der Waals surface area contributed by atoms with Crippen LogP contribution in [0, 0.1) is 5.92 Å². The number of hydrogen-bond acceptors (Lipinski definition) is 4. The van der Waals surface area contributed by atoms with E-state index >= 15 is 0 Å². The highest BCUT2D eigenvalue weighted by Gasteiger charge is 2.58. The molecule has 0 aliphatic carbocycles. The Morgan fingerprint density at radius 3 is 2.65 bits per heavy atom. The average Bonchev–Trinajstić information content (AvgIpc) is 3.08. The lowest BCUT2D eigenvalue weighted by atomic mass is 9.87. The molecule has 2 aliphatic rings. The van der Waals surface area contributed by atoms with Crippen LogP contribution in [-0.2, 0) is 4.74 Å². The fourth-order valence-electron chi connectivity index (χ4n) is 3.33. The predicted octanol–water partition coefficient (Wildman–Crippen LogP) is 4.03. The molecule has 1 aromatic rings. The maximum absolute atomic E-state index is 6.83. The summed E-state index contributed by atoms with van der Waals surface area (Å²) in [7, 11) is 0. The summed E-state index contributed by atoms with van der Waals surface area (Å²) < 4.78 is 5.89. The quantitative estimate of drug-likeness (QED) is 0.914. The molecule has 2 fully saturated rings. The SMILES string of the molecule is CC(C)C1([C@@]2(N)SCC(c3ccccc3)S2)CCCO1. The van der Waals surface area contributed by atoms with E-state index in [1.165, 1.54) is 5.56 Å². The molecule has 2 heterocycles. The van der Waals surface area contributed by atoms with Gasteiger partial charge in [-0.1, -0.05) is 44.2 Å². The molecule has 2 unspecified atom stereocenters. The van der Waals surface area contributed by atoms with Gasteiger partial charge in [0.25, 0.3) is 0 Å². The van der Waals surface area contributed by atoms with Gasteiger partial charge in [0.1, 0.15) is 9.80 Å². The van der Waals surface area contributed by atoms with Crippen LogP contribution in [0.5, 0.6) is 0 Å². The van der Waals surface area contributed by atoms with Gasteiger partial charge >= 0.3 is 0 Å². The molecule has 3 rings (SSSR count). The predicted molar refractivity (Wildman–Crippen MR) is 88.9 cm³/mol. The van der Waals surface area contributed by atoms with Gasteiger partial charge < -0.3 is 10.5 Å². The molecule has 0 aromatic heterocycles. The van der Waals surface area contributed by atoms with E-state index in [1.54, 1.807) is 0 Å². The van der Waals surface area contributed by atoms with Gasteiger partial charge in [-0.3, -0.25) is 0 Å². The Hall–Kier alpha value is -0.160. The maximum Gasteiger partial charge on any atom is 0.139 e. The Morgan fingerprint density at radius 2 is 2.05 bits per heavy atom. The molecule has 4 heteroatoms. The van der Waals surface area contributed by atoms with Crippen LogP contribution in [0.3, 0.4) is 0 Å². The molecule has 110 valence electrons. The number of benzene rings is 1. The minimum absolute atomic E-state index is 0.175. The van der Waals surface area contributed by atoms with Crippen LogP contribution in [0.4, 0.5) is 0 Å². The second-order valence-corrected chi connectivity index (χ2v) is 8.96. The van der Waals surface area contributed by atoms with Crippen molar-refractivity contribution in [2.75, 3.05) is 12.4 Å². The lowest BCUT2D eigenvalue weighted by molar-refractivity contribution is -0.0407. The third-order valence-corrected chi connectivity index (χ3v) is 8.06. The van der Waals surface area contributed by atoms with Crippen molar-refractivity contribution in [2.45, 2.75) is 41.7 Å². The first-order valence-electron chi connectivity index (χ1n) is 7.37. The molecule has 3 atom stereocenters. The zero-order chi connectivity index (χ0) is 14.2. The van der Waals surface area contributed by atoms with Gasteiger partial charge in [0.15, 0.2) is 0 Å². The van der Waals surface area contributed by atoms with E-state index in [2.05, 4.69) is 44.2 Å². The van der Waals surface area contributed by atoms with E-state index in [9.17, 15) is 0 Å². The first-order valence-corrected chi connectivity index (χ1v) is 9.23.